The minimum absolute atomic E-state index is 0.256. The van der Waals surface area contributed by atoms with E-state index in [-0.39, 0.29) is 5.41 Å². The number of nitrogens with zero attached hydrogens (tertiary/aromatic N) is 1. The number of hydrogen-bond donors (Lipinski definition) is 0. The predicted octanol–water partition coefficient (Wildman–Crippen LogP) is 6.18. The zero-order chi connectivity index (χ0) is 17.4. The van der Waals surface area contributed by atoms with Gasteiger partial charge in [0.2, 0.25) is 0 Å². The molecule has 1 aliphatic rings. The monoisotopic (exact) mass is 311 g/mol. The van der Waals surface area contributed by atoms with E-state index in [2.05, 4.69) is 78.5 Å². The highest BCUT2D eigenvalue weighted by Gasteiger charge is 2.32. The third kappa shape index (κ3) is 3.24. The lowest BCUT2D eigenvalue weighted by Crippen LogP contribution is -2.38. The summed E-state index contributed by atoms with van der Waals surface area (Å²) in [4.78, 5) is 2.56. The normalized spacial score (nSPS) is 18.2. The molecule has 23 heavy (non-hydrogen) atoms. The molecule has 0 saturated heterocycles. The average molecular weight is 312 g/mol. The zero-order valence-corrected chi connectivity index (χ0v) is 16.3. The van der Waals surface area contributed by atoms with Crippen molar-refractivity contribution in [3.8, 4) is 0 Å². The molecule has 0 saturated carbocycles. The Labute approximate surface area is 143 Å². The van der Waals surface area contributed by atoms with Crippen molar-refractivity contribution in [1.82, 2.24) is 0 Å². The summed E-state index contributed by atoms with van der Waals surface area (Å²) in [5, 5.41) is 0. The first kappa shape index (κ1) is 17.8. The van der Waals surface area contributed by atoms with Gasteiger partial charge >= 0.3 is 0 Å². The molecule has 2 rings (SSSR count). The molecule has 0 amide bonds. The van der Waals surface area contributed by atoms with Crippen LogP contribution in [0.3, 0.4) is 0 Å². The smallest absolute Gasteiger partial charge is 0.0436 e. The van der Waals surface area contributed by atoms with E-state index in [1.165, 1.54) is 52.1 Å². The minimum atomic E-state index is 0.256. The van der Waals surface area contributed by atoms with Crippen LogP contribution in [0.2, 0.25) is 0 Å². The van der Waals surface area contributed by atoms with E-state index in [4.69, 9.17) is 0 Å². The zero-order valence-electron chi connectivity index (χ0n) is 16.3. The highest BCUT2D eigenvalue weighted by Crippen LogP contribution is 2.43. The topological polar surface area (TPSA) is 3.24 Å². The van der Waals surface area contributed by atoms with Crippen LogP contribution in [-0.4, -0.2) is 13.1 Å². The summed E-state index contributed by atoms with van der Waals surface area (Å²) >= 11 is 0. The lowest BCUT2D eigenvalue weighted by atomic mass is 9.75. The molecule has 1 heterocycles. The van der Waals surface area contributed by atoms with Gasteiger partial charge in [-0.3, -0.25) is 0 Å². The van der Waals surface area contributed by atoms with Gasteiger partial charge in [0, 0.05) is 18.8 Å². The SMILES string of the molecule is C/C=C(C)/C(C)=C/c1cc2c(c(C)c1C)N(CC)CCC2(C)C. The van der Waals surface area contributed by atoms with Crippen LogP contribution in [0.15, 0.2) is 23.3 Å². The molecule has 0 N–H and O–H groups in total. The molecule has 0 atom stereocenters. The quantitative estimate of drug-likeness (QED) is 0.602. The van der Waals surface area contributed by atoms with Crippen molar-refractivity contribution in [1.29, 1.82) is 0 Å². The van der Waals surface area contributed by atoms with Gasteiger partial charge in [-0.1, -0.05) is 31.6 Å². The molecule has 126 valence electrons. The third-order valence-electron chi connectivity index (χ3n) is 5.77. The molecule has 1 aliphatic heterocycles. The van der Waals surface area contributed by atoms with Gasteiger partial charge in [-0.05, 0) is 87.3 Å². The molecule has 1 nitrogen and oxygen atoms in total. The van der Waals surface area contributed by atoms with Crippen LogP contribution in [0.5, 0.6) is 0 Å². The van der Waals surface area contributed by atoms with Crippen molar-refractivity contribution in [3.05, 3.63) is 45.5 Å². The van der Waals surface area contributed by atoms with Crippen molar-refractivity contribution < 1.29 is 0 Å². The van der Waals surface area contributed by atoms with E-state index in [1.807, 2.05) is 0 Å². The molecular formula is C22H33N. The summed E-state index contributed by atoms with van der Waals surface area (Å²) in [6, 6.07) is 2.45. The molecular weight excluding hydrogens is 278 g/mol. The second-order valence-electron chi connectivity index (χ2n) is 7.62. The van der Waals surface area contributed by atoms with E-state index in [9.17, 15) is 0 Å². The fourth-order valence-electron chi connectivity index (χ4n) is 3.55. The Hall–Kier alpha value is -1.50. The van der Waals surface area contributed by atoms with Gasteiger partial charge in [-0.25, -0.2) is 0 Å². The van der Waals surface area contributed by atoms with E-state index >= 15 is 0 Å². The second kappa shape index (κ2) is 6.55. The number of benzene rings is 1. The lowest BCUT2D eigenvalue weighted by molar-refractivity contribution is 0.455. The standard InChI is InChI=1S/C22H33N/c1-9-15(3)16(4)13-19-14-20-21(18(6)17(19)5)23(10-2)12-11-22(20,7)8/h9,13-14H,10-12H2,1-8H3/b15-9+,16-13+. The predicted molar refractivity (Wildman–Crippen MR) is 105 cm³/mol. The summed E-state index contributed by atoms with van der Waals surface area (Å²) in [5.41, 5.74) is 10.2. The Morgan fingerprint density at radius 3 is 2.39 bits per heavy atom. The second-order valence-corrected chi connectivity index (χ2v) is 7.62. The van der Waals surface area contributed by atoms with E-state index in [1.54, 1.807) is 0 Å². The van der Waals surface area contributed by atoms with Gasteiger partial charge in [0.05, 0.1) is 0 Å². The number of hydrogen-bond acceptors (Lipinski definition) is 1. The maximum atomic E-state index is 2.56. The van der Waals surface area contributed by atoms with Gasteiger partial charge in [-0.15, -0.1) is 0 Å². The van der Waals surface area contributed by atoms with Gasteiger partial charge in [0.25, 0.3) is 0 Å². The molecule has 1 heteroatoms. The fourth-order valence-corrected chi connectivity index (χ4v) is 3.55. The summed E-state index contributed by atoms with van der Waals surface area (Å²) in [6.07, 6.45) is 5.78. The first-order chi connectivity index (χ1) is 10.7. The number of rotatable bonds is 3. The Morgan fingerprint density at radius 2 is 1.83 bits per heavy atom. The first-order valence-corrected chi connectivity index (χ1v) is 8.94. The highest BCUT2D eigenvalue weighted by molar-refractivity contribution is 5.73. The van der Waals surface area contributed by atoms with Gasteiger partial charge in [0.1, 0.15) is 0 Å². The molecule has 0 spiro atoms. The highest BCUT2D eigenvalue weighted by atomic mass is 15.1. The molecule has 1 aromatic carbocycles. The Bertz CT molecular complexity index is 659. The van der Waals surface area contributed by atoms with Crippen LogP contribution >= 0.6 is 0 Å². The molecule has 0 unspecified atom stereocenters. The average Bonchev–Trinajstić information content (AvgIpc) is 2.51. The summed E-state index contributed by atoms with van der Waals surface area (Å²) < 4.78 is 0. The van der Waals surface area contributed by atoms with Crippen molar-refractivity contribution in [2.24, 2.45) is 0 Å². The van der Waals surface area contributed by atoms with Crippen molar-refractivity contribution >= 4 is 11.8 Å². The lowest BCUT2D eigenvalue weighted by Gasteiger charge is -2.41. The maximum absolute atomic E-state index is 2.56. The van der Waals surface area contributed by atoms with Crippen LogP contribution in [0.4, 0.5) is 5.69 Å². The van der Waals surface area contributed by atoms with Crippen molar-refractivity contribution in [2.45, 2.75) is 67.2 Å². The van der Waals surface area contributed by atoms with E-state index < -0.39 is 0 Å². The van der Waals surface area contributed by atoms with Gasteiger partial charge in [-0.2, -0.15) is 0 Å². The minimum Gasteiger partial charge on any atom is -0.371 e. The fraction of sp³-hybridized carbons (Fsp3) is 0.545. The van der Waals surface area contributed by atoms with Crippen LogP contribution in [0, 0.1) is 13.8 Å². The summed E-state index contributed by atoms with van der Waals surface area (Å²) in [5.74, 6) is 0. The van der Waals surface area contributed by atoms with E-state index in [0.29, 0.717) is 0 Å². The first-order valence-electron chi connectivity index (χ1n) is 8.94. The summed E-state index contributed by atoms with van der Waals surface area (Å²) in [7, 11) is 0. The van der Waals surface area contributed by atoms with E-state index in [0.717, 1.165) is 6.54 Å². The third-order valence-corrected chi connectivity index (χ3v) is 5.77. The number of allylic oxidation sites excluding steroid dienone is 3. The van der Waals surface area contributed by atoms with Crippen molar-refractivity contribution in [3.63, 3.8) is 0 Å². The summed E-state index contributed by atoms with van der Waals surface area (Å²) in [6.45, 7) is 20.4. The maximum Gasteiger partial charge on any atom is 0.0436 e. The molecule has 0 bridgehead atoms. The van der Waals surface area contributed by atoms with Crippen LogP contribution < -0.4 is 4.90 Å². The Kier molecular flexibility index (Phi) is 5.08. The van der Waals surface area contributed by atoms with Gasteiger partial charge < -0.3 is 4.90 Å². The Balaban J connectivity index is 2.68. The molecule has 0 radical (unpaired) electrons. The Morgan fingerprint density at radius 1 is 1.17 bits per heavy atom. The molecule has 0 aromatic heterocycles. The molecule has 1 aromatic rings. The van der Waals surface area contributed by atoms with Crippen LogP contribution in [0.25, 0.3) is 6.08 Å². The molecule has 0 aliphatic carbocycles. The van der Waals surface area contributed by atoms with Gasteiger partial charge in [0.15, 0.2) is 0 Å². The number of fused-ring (bicyclic) bond motifs is 1. The van der Waals surface area contributed by atoms with Crippen LogP contribution in [0.1, 0.15) is 70.2 Å². The number of anilines is 1. The van der Waals surface area contributed by atoms with Crippen LogP contribution in [-0.2, 0) is 5.41 Å². The van der Waals surface area contributed by atoms with Crippen molar-refractivity contribution in [2.75, 3.05) is 18.0 Å². The largest absolute Gasteiger partial charge is 0.371 e. The molecule has 0 fully saturated rings.